The summed E-state index contributed by atoms with van der Waals surface area (Å²) in [6, 6.07) is 25.6. The largest absolute Gasteiger partial charge is 0.497 e. The van der Waals surface area contributed by atoms with Gasteiger partial charge in [-0.2, -0.15) is 8.61 Å². The Morgan fingerprint density at radius 1 is 0.597 bits per heavy atom. The molecule has 5 aromatic rings. The molecule has 0 unspecified atom stereocenters. The van der Waals surface area contributed by atoms with Crippen LogP contribution in [0.25, 0.3) is 0 Å². The Morgan fingerprint density at radius 2 is 1.03 bits per heavy atom. The van der Waals surface area contributed by atoms with Gasteiger partial charge in [0.25, 0.3) is 31.9 Å². The van der Waals surface area contributed by atoms with E-state index in [-0.39, 0.29) is 29.1 Å². The van der Waals surface area contributed by atoms with E-state index in [1.54, 1.807) is 97.4 Å². The van der Waals surface area contributed by atoms with Crippen molar-refractivity contribution in [3.63, 3.8) is 0 Å². The fourth-order valence-corrected chi connectivity index (χ4v) is 14.2. The van der Waals surface area contributed by atoms with Gasteiger partial charge >= 0.3 is 0 Å². The molecule has 20 heteroatoms. The minimum absolute atomic E-state index is 0.214. The zero-order chi connectivity index (χ0) is 47.6. The molecule has 14 nitrogen and oxygen atoms in total. The maximum Gasteiger partial charge on any atom is 0.252 e. The lowest BCUT2D eigenvalue weighted by molar-refractivity contribution is 0.0943. The predicted octanol–water partition coefficient (Wildman–Crippen LogP) is 8.08. The topological polar surface area (TPSA) is 158 Å². The van der Waals surface area contributed by atoms with Crippen molar-refractivity contribution < 1.29 is 35.9 Å². The summed E-state index contributed by atoms with van der Waals surface area (Å²) in [5.41, 5.74) is 1.93. The van der Waals surface area contributed by atoms with Crippen LogP contribution in [0.15, 0.2) is 99.4 Å². The number of nitrogens with one attached hydrogen (secondary N) is 2. The minimum atomic E-state index is -3.62. The van der Waals surface area contributed by atoms with Crippen LogP contribution in [0.5, 0.6) is 11.5 Å². The van der Waals surface area contributed by atoms with E-state index in [0.29, 0.717) is 76.1 Å². The molecule has 4 heterocycles. The summed E-state index contributed by atoms with van der Waals surface area (Å²) in [4.78, 5) is 30.7. The molecule has 3 aromatic carbocycles. The molecular formula is C47H56Cl2N6O8S4. The van der Waals surface area contributed by atoms with E-state index in [2.05, 4.69) is 20.4 Å². The molecule has 2 N–H and O–H groups in total. The Labute approximate surface area is 411 Å². The maximum atomic E-state index is 13.2. The lowest BCUT2D eigenvalue weighted by atomic mass is 9.89. The van der Waals surface area contributed by atoms with Gasteiger partial charge in [-0.1, -0.05) is 42.5 Å². The molecule has 3 aliphatic rings. The highest BCUT2D eigenvalue weighted by Gasteiger charge is 2.32. The lowest BCUT2D eigenvalue weighted by Crippen LogP contribution is -2.49. The normalized spacial score (nSPS) is 16.7. The number of anilines is 1. The number of nitrogens with zero attached hydrogens (tertiary/aromatic N) is 4. The zero-order valence-electron chi connectivity index (χ0n) is 37.5. The fourth-order valence-electron chi connectivity index (χ4n) is 8.23. The molecule has 0 radical (unpaired) electrons. The summed E-state index contributed by atoms with van der Waals surface area (Å²) in [7, 11) is -3.92. The van der Waals surface area contributed by atoms with E-state index in [1.165, 1.54) is 59.1 Å². The van der Waals surface area contributed by atoms with E-state index in [4.69, 9.17) is 32.7 Å². The van der Waals surface area contributed by atoms with E-state index in [0.717, 1.165) is 41.0 Å². The Bertz CT molecular complexity index is 2640. The molecule has 0 atom stereocenters. The third-order valence-electron chi connectivity index (χ3n) is 12.0. The van der Waals surface area contributed by atoms with Gasteiger partial charge in [0.1, 0.15) is 19.9 Å². The number of methoxy groups -OCH3 is 2. The number of hydrogen-bond acceptors (Lipinski definition) is 12. The number of ether oxygens (including phenoxy) is 2. The summed E-state index contributed by atoms with van der Waals surface area (Å²) >= 11 is 14.1. The Hall–Kier alpha value is -4.24. The summed E-state index contributed by atoms with van der Waals surface area (Å²) in [6.45, 7) is 6.12. The zero-order valence-corrected chi connectivity index (χ0v) is 42.3. The minimum Gasteiger partial charge on any atom is -0.497 e. The highest BCUT2D eigenvalue weighted by Crippen LogP contribution is 2.32. The quantitative estimate of drug-likeness (QED) is 0.105. The average Bonchev–Trinajstić information content (AvgIpc) is 4.05. The third-order valence-corrected chi connectivity index (χ3v) is 19.4. The van der Waals surface area contributed by atoms with Gasteiger partial charge in [-0.25, -0.2) is 16.8 Å². The number of hydrogen-bond donors (Lipinski definition) is 2. The molecule has 1 saturated carbocycles. The molecular weight excluding hydrogens is 976 g/mol. The molecule has 0 bridgehead atoms. The number of amides is 2. The van der Waals surface area contributed by atoms with E-state index in [9.17, 15) is 26.4 Å². The molecule has 360 valence electrons. The number of sulfonamides is 2. The Balaban J connectivity index is 0.000000200. The van der Waals surface area contributed by atoms with Crippen molar-refractivity contribution in [1.29, 1.82) is 0 Å². The van der Waals surface area contributed by atoms with Crippen molar-refractivity contribution in [3.05, 3.63) is 122 Å². The van der Waals surface area contributed by atoms with Crippen LogP contribution < -0.4 is 25.0 Å². The number of piperazine rings is 2. The van der Waals surface area contributed by atoms with Crippen LogP contribution in [0, 0.1) is 5.92 Å². The van der Waals surface area contributed by atoms with Crippen molar-refractivity contribution in [1.82, 2.24) is 24.1 Å². The standard InChI is InChI=1S/C24H26ClN3O5S2.C23H30ClN3O3S2/c1-32-20-13-19(14-21(15-20)33-2)27-9-11-28(12-10-27)35(30,31)23-8-7-22(34-23)16-26-24(29)17-3-5-18(25)6-4-17;24-20-8-6-19(7-9-20)23(28)25-16-21-10-11-22(31-21)32(29,30)27-14-12-26(13-15-27)17-18-4-2-1-3-5-18/h3-8,13-15H,9-12,16H2,1-2H3,(H,26,29);6-11,18H,1-5,12-17H2,(H,25,28). The number of thiophene rings is 2. The fraction of sp³-hybridized carbons (Fsp3) is 0.404. The van der Waals surface area contributed by atoms with Gasteiger partial charge in [-0.15, -0.1) is 22.7 Å². The summed E-state index contributed by atoms with van der Waals surface area (Å²) in [5.74, 6) is 1.68. The predicted molar refractivity (Wildman–Crippen MR) is 266 cm³/mol. The van der Waals surface area contributed by atoms with Crippen molar-refractivity contribution in [2.75, 3.05) is 78.0 Å². The third kappa shape index (κ3) is 13.5. The molecule has 67 heavy (non-hydrogen) atoms. The second kappa shape index (κ2) is 23.4. The number of carbonyl (C=O) groups excluding carboxylic acids is 2. The molecule has 2 saturated heterocycles. The van der Waals surface area contributed by atoms with E-state index < -0.39 is 20.0 Å². The van der Waals surface area contributed by atoms with Gasteiger partial charge in [0.05, 0.1) is 27.3 Å². The number of benzene rings is 3. The first kappa shape index (κ1) is 50.6. The van der Waals surface area contributed by atoms with Crippen LogP contribution >= 0.6 is 45.9 Å². The second-order valence-corrected chi connectivity index (χ2v) is 24.0. The number of carbonyl (C=O) groups is 2. The first-order valence-corrected chi connectivity index (χ1v) is 27.4. The van der Waals surface area contributed by atoms with Gasteiger partial charge in [-0.05, 0) is 91.6 Å². The molecule has 1 aliphatic carbocycles. The molecule has 3 fully saturated rings. The van der Waals surface area contributed by atoms with Crippen molar-refractivity contribution >= 4 is 83.4 Å². The monoisotopic (exact) mass is 1030 g/mol. The average molecular weight is 1030 g/mol. The molecule has 2 aromatic heterocycles. The Kier molecular flexibility index (Phi) is 17.7. The first-order valence-electron chi connectivity index (χ1n) is 22.2. The summed E-state index contributed by atoms with van der Waals surface area (Å²) < 4.78 is 67.0. The van der Waals surface area contributed by atoms with Crippen LogP contribution in [0.1, 0.15) is 62.6 Å². The van der Waals surface area contributed by atoms with Crippen LogP contribution in [-0.2, 0) is 33.1 Å². The van der Waals surface area contributed by atoms with Gasteiger partial charge in [0.15, 0.2) is 0 Å². The second-order valence-electron chi connectivity index (χ2n) is 16.5. The van der Waals surface area contributed by atoms with Crippen LogP contribution in [0.3, 0.4) is 0 Å². The molecule has 8 rings (SSSR count). The van der Waals surface area contributed by atoms with Crippen molar-refractivity contribution in [2.45, 2.75) is 53.6 Å². The van der Waals surface area contributed by atoms with Gasteiger partial charge < -0.3 is 29.9 Å². The highest BCUT2D eigenvalue weighted by molar-refractivity contribution is 7.91. The molecule has 0 spiro atoms. The SMILES string of the molecule is COc1cc(OC)cc(N2CCN(S(=O)(=O)c3ccc(CNC(=O)c4ccc(Cl)cc4)s3)CC2)c1.O=C(NCc1ccc(S(=O)(=O)N2CCN(CC3CCCCC3)CC2)s1)c1ccc(Cl)cc1. The number of rotatable bonds is 15. The van der Waals surface area contributed by atoms with E-state index in [1.807, 2.05) is 12.1 Å². The van der Waals surface area contributed by atoms with E-state index >= 15 is 0 Å². The smallest absolute Gasteiger partial charge is 0.252 e. The van der Waals surface area contributed by atoms with Gasteiger partial charge in [-0.3, -0.25) is 9.59 Å². The lowest BCUT2D eigenvalue weighted by Gasteiger charge is -2.36. The Morgan fingerprint density at radius 3 is 1.46 bits per heavy atom. The van der Waals surface area contributed by atoms with Crippen molar-refractivity contribution in [3.8, 4) is 11.5 Å². The van der Waals surface area contributed by atoms with Crippen molar-refractivity contribution in [2.24, 2.45) is 5.92 Å². The van der Waals surface area contributed by atoms with Gasteiger partial charge in [0, 0.05) is 114 Å². The number of halogens is 2. The maximum absolute atomic E-state index is 13.2. The van der Waals surface area contributed by atoms with Crippen LogP contribution in [0.2, 0.25) is 10.0 Å². The first-order chi connectivity index (χ1) is 32.2. The van der Waals surface area contributed by atoms with Gasteiger partial charge in [0.2, 0.25) is 0 Å². The summed E-state index contributed by atoms with van der Waals surface area (Å²) in [6.07, 6.45) is 6.64. The van der Waals surface area contributed by atoms with Crippen LogP contribution in [0.4, 0.5) is 5.69 Å². The summed E-state index contributed by atoms with van der Waals surface area (Å²) in [5, 5.41) is 6.78. The molecule has 2 aliphatic heterocycles. The molecule has 2 amide bonds. The highest BCUT2D eigenvalue weighted by atomic mass is 35.5. The van der Waals surface area contributed by atoms with Crippen LogP contribution in [-0.4, -0.2) is 115 Å².